The SMILES string of the molecule is CC(C)(NC(=O)c1sc(Cl)nc1CO[Si](C)(C)C(C)(C)C)c1ccccc1. The molecule has 0 bridgehead atoms. The van der Waals surface area contributed by atoms with Crippen molar-refractivity contribution in [3.05, 3.63) is 50.9 Å². The molecule has 2 rings (SSSR count). The van der Waals surface area contributed by atoms with Crippen molar-refractivity contribution < 1.29 is 9.22 Å². The zero-order valence-corrected chi connectivity index (χ0v) is 19.7. The van der Waals surface area contributed by atoms with Gasteiger partial charge >= 0.3 is 0 Å². The van der Waals surface area contributed by atoms with Crippen LogP contribution < -0.4 is 5.32 Å². The summed E-state index contributed by atoms with van der Waals surface area (Å²) in [6, 6.07) is 9.89. The van der Waals surface area contributed by atoms with Gasteiger partial charge in [-0.3, -0.25) is 4.79 Å². The molecule has 0 aliphatic heterocycles. The average Bonchev–Trinajstić information content (AvgIpc) is 2.93. The van der Waals surface area contributed by atoms with Crippen LogP contribution in [0.4, 0.5) is 0 Å². The molecule has 27 heavy (non-hydrogen) atoms. The monoisotopic (exact) mass is 424 g/mol. The zero-order valence-electron chi connectivity index (χ0n) is 17.1. The third-order valence-corrected chi connectivity index (χ3v) is 10.9. The van der Waals surface area contributed by atoms with E-state index in [-0.39, 0.29) is 10.9 Å². The molecule has 0 saturated carbocycles. The van der Waals surface area contributed by atoms with Crippen molar-refractivity contribution in [1.29, 1.82) is 0 Å². The highest BCUT2D eigenvalue weighted by atomic mass is 35.5. The van der Waals surface area contributed by atoms with Crippen LogP contribution in [0.25, 0.3) is 0 Å². The van der Waals surface area contributed by atoms with Crippen LogP contribution in [0.2, 0.25) is 22.6 Å². The predicted octanol–water partition coefficient (Wildman–Crippen LogP) is 5.98. The van der Waals surface area contributed by atoms with Crippen molar-refractivity contribution >= 4 is 37.2 Å². The van der Waals surface area contributed by atoms with Gasteiger partial charge in [-0.05, 0) is 37.5 Å². The molecule has 0 radical (unpaired) electrons. The Hall–Kier alpha value is -1.21. The predicted molar refractivity (Wildman–Crippen MR) is 116 cm³/mol. The van der Waals surface area contributed by atoms with Crippen molar-refractivity contribution in [3.8, 4) is 0 Å². The van der Waals surface area contributed by atoms with Crippen LogP contribution >= 0.6 is 22.9 Å². The van der Waals surface area contributed by atoms with Crippen LogP contribution in [0.15, 0.2) is 30.3 Å². The highest BCUT2D eigenvalue weighted by Gasteiger charge is 2.37. The van der Waals surface area contributed by atoms with E-state index in [1.54, 1.807) is 0 Å². The summed E-state index contributed by atoms with van der Waals surface area (Å²) in [6.07, 6.45) is 0. The zero-order chi connectivity index (χ0) is 20.5. The first-order chi connectivity index (χ1) is 12.3. The maximum absolute atomic E-state index is 12.9. The first-order valence-corrected chi connectivity index (χ1v) is 13.1. The molecule has 1 heterocycles. The number of aromatic nitrogens is 1. The number of halogens is 1. The molecule has 148 valence electrons. The Morgan fingerprint density at radius 3 is 2.33 bits per heavy atom. The lowest BCUT2D eigenvalue weighted by Gasteiger charge is -2.36. The number of hydrogen-bond acceptors (Lipinski definition) is 4. The second-order valence-electron chi connectivity index (χ2n) is 8.74. The van der Waals surface area contributed by atoms with Crippen LogP contribution in [0.5, 0.6) is 0 Å². The van der Waals surface area contributed by atoms with Crippen molar-refractivity contribution in [1.82, 2.24) is 10.3 Å². The van der Waals surface area contributed by atoms with Gasteiger partial charge in [-0.1, -0.05) is 74.0 Å². The number of amides is 1. The van der Waals surface area contributed by atoms with Gasteiger partial charge in [-0.2, -0.15) is 0 Å². The second-order valence-corrected chi connectivity index (χ2v) is 15.1. The summed E-state index contributed by atoms with van der Waals surface area (Å²) >= 11 is 7.32. The minimum absolute atomic E-state index is 0.0878. The fourth-order valence-electron chi connectivity index (χ4n) is 2.33. The summed E-state index contributed by atoms with van der Waals surface area (Å²) in [6.45, 7) is 15.2. The Balaban J connectivity index is 2.18. The second kappa shape index (κ2) is 8.03. The highest BCUT2D eigenvalue weighted by Crippen LogP contribution is 2.37. The summed E-state index contributed by atoms with van der Waals surface area (Å²) < 4.78 is 6.60. The van der Waals surface area contributed by atoms with Crippen molar-refractivity contribution in [3.63, 3.8) is 0 Å². The van der Waals surface area contributed by atoms with Crippen molar-refractivity contribution in [2.24, 2.45) is 0 Å². The number of hydrogen-bond donors (Lipinski definition) is 1. The maximum Gasteiger partial charge on any atom is 0.264 e. The minimum Gasteiger partial charge on any atom is -0.411 e. The van der Waals surface area contributed by atoms with Gasteiger partial charge in [-0.15, -0.1) is 0 Å². The van der Waals surface area contributed by atoms with Crippen molar-refractivity contribution in [2.45, 2.75) is 64.9 Å². The van der Waals surface area contributed by atoms with E-state index in [1.807, 2.05) is 44.2 Å². The molecule has 7 heteroatoms. The third kappa shape index (κ3) is 5.41. The van der Waals surface area contributed by atoms with E-state index in [2.05, 4.69) is 44.2 Å². The van der Waals surface area contributed by atoms with Gasteiger partial charge in [0.25, 0.3) is 5.91 Å². The quantitative estimate of drug-likeness (QED) is 0.580. The molecule has 0 aliphatic carbocycles. The third-order valence-electron chi connectivity index (χ3n) is 5.17. The number of nitrogens with zero attached hydrogens (tertiary/aromatic N) is 1. The molecule has 0 spiro atoms. The molecule has 0 fully saturated rings. The number of nitrogens with one attached hydrogen (secondary N) is 1. The average molecular weight is 425 g/mol. The van der Waals surface area contributed by atoms with Gasteiger partial charge < -0.3 is 9.74 Å². The standard InChI is InChI=1S/C20H29ClN2O2SSi/c1-19(2,3)27(6,7)25-13-15-16(26-18(21)22-15)17(24)23-20(4,5)14-11-9-8-10-12-14/h8-12H,13H2,1-7H3,(H,23,24). The van der Waals surface area contributed by atoms with Gasteiger partial charge in [0.15, 0.2) is 12.8 Å². The molecular formula is C20H29ClN2O2SSi. The van der Waals surface area contributed by atoms with Crippen molar-refractivity contribution in [2.75, 3.05) is 0 Å². The van der Waals surface area contributed by atoms with Gasteiger partial charge in [0.05, 0.1) is 17.8 Å². The number of rotatable bonds is 6. The number of carbonyl (C=O) groups is 1. The van der Waals surface area contributed by atoms with Crippen LogP contribution in [0, 0.1) is 0 Å². The highest BCUT2D eigenvalue weighted by molar-refractivity contribution is 7.17. The first kappa shape index (κ1) is 22.1. The van der Waals surface area contributed by atoms with Gasteiger partial charge in [0.2, 0.25) is 0 Å². The Kier molecular flexibility index (Phi) is 6.57. The summed E-state index contributed by atoms with van der Waals surface area (Å²) in [5.74, 6) is -0.179. The maximum atomic E-state index is 12.9. The van der Waals surface area contributed by atoms with E-state index in [9.17, 15) is 4.79 Å². The van der Waals surface area contributed by atoms with Gasteiger partial charge in [0, 0.05) is 0 Å². The van der Waals surface area contributed by atoms with E-state index in [0.29, 0.717) is 21.6 Å². The largest absolute Gasteiger partial charge is 0.411 e. The Morgan fingerprint density at radius 2 is 1.78 bits per heavy atom. The minimum atomic E-state index is -1.95. The van der Waals surface area contributed by atoms with E-state index in [4.69, 9.17) is 16.0 Å². The number of thiazole rings is 1. The summed E-state index contributed by atoms with van der Waals surface area (Å²) in [5.41, 5.74) is 1.14. The number of carbonyl (C=O) groups excluding carboxylic acids is 1. The normalized spacial score (nSPS) is 12.9. The lowest BCUT2D eigenvalue weighted by atomic mass is 9.94. The number of benzene rings is 1. The molecule has 1 aromatic heterocycles. The topological polar surface area (TPSA) is 51.2 Å². The lowest BCUT2D eigenvalue weighted by Crippen LogP contribution is -2.42. The van der Waals surface area contributed by atoms with Crippen LogP contribution in [-0.4, -0.2) is 19.2 Å². The molecule has 0 unspecified atom stereocenters. The van der Waals surface area contributed by atoms with E-state index in [1.165, 1.54) is 11.3 Å². The molecule has 4 nitrogen and oxygen atoms in total. The fraction of sp³-hybridized carbons (Fsp3) is 0.500. The Labute approximate surface area is 172 Å². The van der Waals surface area contributed by atoms with Crippen LogP contribution in [0.1, 0.15) is 55.5 Å². The molecule has 0 aliphatic rings. The summed E-state index contributed by atoms with van der Waals surface area (Å²) in [4.78, 5) is 17.8. The first-order valence-electron chi connectivity index (χ1n) is 9.01. The summed E-state index contributed by atoms with van der Waals surface area (Å²) in [5, 5.41) is 3.19. The molecular weight excluding hydrogens is 396 g/mol. The van der Waals surface area contributed by atoms with Crippen LogP contribution in [0.3, 0.4) is 0 Å². The Bertz CT molecular complexity index is 798. The molecule has 1 amide bonds. The van der Waals surface area contributed by atoms with E-state index >= 15 is 0 Å². The lowest BCUT2D eigenvalue weighted by molar-refractivity contribution is 0.0913. The van der Waals surface area contributed by atoms with Gasteiger partial charge in [-0.25, -0.2) is 4.98 Å². The smallest absolute Gasteiger partial charge is 0.264 e. The Morgan fingerprint density at radius 1 is 1.19 bits per heavy atom. The fourth-order valence-corrected chi connectivity index (χ4v) is 4.29. The summed E-state index contributed by atoms with van der Waals surface area (Å²) in [7, 11) is -1.95. The van der Waals surface area contributed by atoms with E-state index in [0.717, 1.165) is 5.56 Å². The molecule has 1 N–H and O–H groups in total. The molecule has 0 atom stereocenters. The molecule has 0 saturated heterocycles. The van der Waals surface area contributed by atoms with Crippen LogP contribution in [-0.2, 0) is 16.6 Å². The van der Waals surface area contributed by atoms with Gasteiger partial charge in [0.1, 0.15) is 4.88 Å². The molecule has 1 aromatic carbocycles. The van der Waals surface area contributed by atoms with E-state index < -0.39 is 13.9 Å². The molecule has 2 aromatic rings.